The van der Waals surface area contributed by atoms with Crippen LogP contribution in [0.5, 0.6) is 0 Å². The summed E-state index contributed by atoms with van der Waals surface area (Å²) in [5.41, 5.74) is 5.55. The summed E-state index contributed by atoms with van der Waals surface area (Å²) in [6, 6.07) is 0. The van der Waals surface area contributed by atoms with Crippen LogP contribution in [0.1, 0.15) is 25.7 Å². The van der Waals surface area contributed by atoms with Crippen LogP contribution >= 0.6 is 24.2 Å². The molecule has 1 saturated heterocycles. The van der Waals surface area contributed by atoms with Crippen LogP contribution in [0, 0.1) is 5.92 Å². The van der Waals surface area contributed by atoms with Crippen LogP contribution < -0.4 is 5.73 Å². The predicted octanol–water partition coefficient (Wildman–Crippen LogP) is 1.75. The van der Waals surface area contributed by atoms with Crippen LogP contribution in [-0.4, -0.2) is 42.4 Å². The molecule has 96 valence electrons. The molecule has 1 heterocycles. The fourth-order valence-electron chi connectivity index (χ4n) is 2.11. The summed E-state index contributed by atoms with van der Waals surface area (Å²) in [7, 11) is 0. The van der Waals surface area contributed by atoms with E-state index in [4.69, 9.17) is 5.73 Å². The van der Waals surface area contributed by atoms with Crippen molar-refractivity contribution in [2.45, 2.75) is 25.7 Å². The van der Waals surface area contributed by atoms with Gasteiger partial charge in [-0.3, -0.25) is 4.79 Å². The average molecular weight is 267 g/mol. The Labute approximate surface area is 109 Å². The van der Waals surface area contributed by atoms with Crippen molar-refractivity contribution >= 4 is 30.1 Å². The highest BCUT2D eigenvalue weighted by atomic mass is 35.5. The summed E-state index contributed by atoms with van der Waals surface area (Å²) in [4.78, 5) is 13.8. The van der Waals surface area contributed by atoms with E-state index in [0.717, 1.165) is 38.2 Å². The number of piperidine rings is 1. The Morgan fingerprint density at radius 2 is 2.31 bits per heavy atom. The maximum Gasteiger partial charge on any atom is 0.223 e. The molecule has 2 N–H and O–H groups in total. The van der Waals surface area contributed by atoms with Gasteiger partial charge < -0.3 is 10.6 Å². The number of halogens is 1. The van der Waals surface area contributed by atoms with E-state index < -0.39 is 0 Å². The van der Waals surface area contributed by atoms with Crippen molar-refractivity contribution < 1.29 is 4.79 Å². The molecule has 0 aliphatic carbocycles. The minimum atomic E-state index is 0. The molecule has 5 heteroatoms. The van der Waals surface area contributed by atoms with E-state index in [-0.39, 0.29) is 12.4 Å². The minimum absolute atomic E-state index is 0. The molecule has 1 rings (SSSR count). The van der Waals surface area contributed by atoms with Crippen LogP contribution in [0.25, 0.3) is 0 Å². The molecule has 3 nitrogen and oxygen atoms in total. The van der Waals surface area contributed by atoms with Crippen molar-refractivity contribution in [3.8, 4) is 0 Å². The van der Waals surface area contributed by atoms with Crippen LogP contribution in [0.4, 0.5) is 0 Å². The van der Waals surface area contributed by atoms with Gasteiger partial charge >= 0.3 is 0 Å². The molecule has 0 aromatic heterocycles. The van der Waals surface area contributed by atoms with Gasteiger partial charge in [-0.1, -0.05) is 0 Å². The summed E-state index contributed by atoms with van der Waals surface area (Å²) in [5, 5.41) is 0. The van der Waals surface area contributed by atoms with Gasteiger partial charge in [0.2, 0.25) is 5.91 Å². The van der Waals surface area contributed by atoms with E-state index in [1.807, 2.05) is 11.2 Å². The standard InChI is InChI=1S/C11H22N2OS.ClH/c1-15-8-5-11(14)13-7-2-3-10(9-13)4-6-12;/h10H,2-9,12H2,1H3;1H. The minimum Gasteiger partial charge on any atom is -0.342 e. The SMILES string of the molecule is CSCCC(=O)N1CCCC(CCN)C1.Cl. The number of likely N-dealkylation sites (tertiary alicyclic amines) is 1. The number of hydrogen-bond donors (Lipinski definition) is 1. The molecule has 0 aromatic rings. The average Bonchev–Trinajstić information content (AvgIpc) is 2.27. The Morgan fingerprint density at radius 3 is 2.94 bits per heavy atom. The lowest BCUT2D eigenvalue weighted by molar-refractivity contribution is -0.132. The number of amides is 1. The summed E-state index contributed by atoms with van der Waals surface area (Å²) in [6.45, 7) is 2.64. The fourth-order valence-corrected chi connectivity index (χ4v) is 2.49. The molecule has 16 heavy (non-hydrogen) atoms. The Bertz CT molecular complexity index is 202. The number of nitrogens with two attached hydrogens (primary N) is 1. The zero-order valence-corrected chi connectivity index (χ0v) is 11.6. The molecule has 0 bridgehead atoms. The van der Waals surface area contributed by atoms with Crippen molar-refractivity contribution in [1.29, 1.82) is 0 Å². The van der Waals surface area contributed by atoms with Crippen LogP contribution in [0.15, 0.2) is 0 Å². The maximum absolute atomic E-state index is 11.8. The van der Waals surface area contributed by atoms with Crippen LogP contribution in [-0.2, 0) is 4.79 Å². The molecule has 1 aliphatic rings. The van der Waals surface area contributed by atoms with Crippen molar-refractivity contribution in [3.63, 3.8) is 0 Å². The lowest BCUT2D eigenvalue weighted by atomic mass is 9.95. The lowest BCUT2D eigenvalue weighted by Crippen LogP contribution is -2.40. The largest absolute Gasteiger partial charge is 0.342 e. The fraction of sp³-hybridized carbons (Fsp3) is 0.909. The van der Waals surface area contributed by atoms with Gasteiger partial charge in [0.1, 0.15) is 0 Å². The van der Waals surface area contributed by atoms with Crippen molar-refractivity contribution in [2.75, 3.05) is 31.6 Å². The molecule has 0 radical (unpaired) electrons. The molecule has 0 saturated carbocycles. The van der Waals surface area contributed by atoms with Gasteiger partial charge in [-0.15, -0.1) is 12.4 Å². The molecule has 0 spiro atoms. The second kappa shape index (κ2) is 9.14. The summed E-state index contributed by atoms with van der Waals surface area (Å²) in [6.07, 6.45) is 6.18. The van der Waals surface area contributed by atoms with Crippen LogP contribution in [0.3, 0.4) is 0 Å². The van der Waals surface area contributed by atoms with Crippen molar-refractivity contribution in [1.82, 2.24) is 4.90 Å². The normalized spacial score (nSPS) is 20.4. The third-order valence-electron chi connectivity index (χ3n) is 2.97. The quantitative estimate of drug-likeness (QED) is 0.825. The second-order valence-electron chi connectivity index (χ2n) is 4.17. The topological polar surface area (TPSA) is 46.3 Å². The van der Waals surface area contributed by atoms with Gasteiger partial charge in [-0.05, 0) is 38.0 Å². The van der Waals surface area contributed by atoms with E-state index in [0.29, 0.717) is 18.2 Å². The van der Waals surface area contributed by atoms with Gasteiger partial charge in [0.25, 0.3) is 0 Å². The third kappa shape index (κ3) is 5.41. The van der Waals surface area contributed by atoms with E-state index in [9.17, 15) is 4.79 Å². The van der Waals surface area contributed by atoms with E-state index in [1.165, 1.54) is 6.42 Å². The molecule has 0 aromatic carbocycles. The zero-order valence-electron chi connectivity index (χ0n) is 9.98. The predicted molar refractivity (Wildman–Crippen MR) is 73.2 cm³/mol. The first-order valence-corrected chi connectivity index (χ1v) is 7.14. The maximum atomic E-state index is 11.8. The smallest absolute Gasteiger partial charge is 0.223 e. The first kappa shape index (κ1) is 16.1. The monoisotopic (exact) mass is 266 g/mol. The third-order valence-corrected chi connectivity index (χ3v) is 3.58. The van der Waals surface area contributed by atoms with Crippen molar-refractivity contribution in [2.24, 2.45) is 11.7 Å². The molecule has 1 amide bonds. The highest BCUT2D eigenvalue weighted by molar-refractivity contribution is 7.98. The second-order valence-corrected chi connectivity index (χ2v) is 5.15. The summed E-state index contributed by atoms with van der Waals surface area (Å²) < 4.78 is 0. The van der Waals surface area contributed by atoms with Crippen LogP contribution in [0.2, 0.25) is 0 Å². The zero-order chi connectivity index (χ0) is 11.1. The molecule has 1 fully saturated rings. The number of rotatable bonds is 5. The number of hydrogen-bond acceptors (Lipinski definition) is 3. The first-order valence-electron chi connectivity index (χ1n) is 5.74. The van der Waals surface area contributed by atoms with Crippen molar-refractivity contribution in [3.05, 3.63) is 0 Å². The van der Waals surface area contributed by atoms with Gasteiger partial charge in [0.05, 0.1) is 0 Å². The Kier molecular flexibility index (Phi) is 9.18. The molecular weight excluding hydrogens is 244 g/mol. The van der Waals surface area contributed by atoms with Gasteiger partial charge in [0.15, 0.2) is 0 Å². The number of thioether (sulfide) groups is 1. The van der Waals surface area contributed by atoms with E-state index in [2.05, 4.69) is 0 Å². The molecule has 1 aliphatic heterocycles. The number of carbonyl (C=O) groups excluding carboxylic acids is 1. The van der Waals surface area contributed by atoms with Gasteiger partial charge in [-0.25, -0.2) is 0 Å². The van der Waals surface area contributed by atoms with Gasteiger partial charge in [0, 0.05) is 25.3 Å². The summed E-state index contributed by atoms with van der Waals surface area (Å²) in [5.74, 6) is 1.91. The number of nitrogens with zero attached hydrogens (tertiary/aromatic N) is 1. The Hall–Kier alpha value is 0.0700. The van der Waals surface area contributed by atoms with Gasteiger partial charge in [-0.2, -0.15) is 11.8 Å². The molecule has 1 unspecified atom stereocenters. The Morgan fingerprint density at radius 1 is 1.56 bits per heavy atom. The Balaban J connectivity index is 0.00000225. The van der Waals surface area contributed by atoms with E-state index in [1.54, 1.807) is 11.8 Å². The summed E-state index contributed by atoms with van der Waals surface area (Å²) >= 11 is 1.74. The highest BCUT2D eigenvalue weighted by Gasteiger charge is 2.22. The molecular formula is C11H23ClN2OS. The molecule has 1 atom stereocenters. The number of carbonyl (C=O) groups is 1. The lowest BCUT2D eigenvalue weighted by Gasteiger charge is -2.32. The highest BCUT2D eigenvalue weighted by Crippen LogP contribution is 2.19. The first-order chi connectivity index (χ1) is 7.27. The van der Waals surface area contributed by atoms with E-state index >= 15 is 0 Å².